The summed E-state index contributed by atoms with van der Waals surface area (Å²) < 4.78 is 5.74. The number of nitro groups is 1. The lowest BCUT2D eigenvalue weighted by Crippen LogP contribution is -2.52. The van der Waals surface area contributed by atoms with Crippen LogP contribution in [0, 0.1) is 16.0 Å². The number of rotatable bonds is 5. The number of non-ortho nitro benzene ring substituents is 1. The van der Waals surface area contributed by atoms with Crippen molar-refractivity contribution in [3.05, 3.63) is 28.3 Å². The zero-order valence-electron chi connectivity index (χ0n) is 14.9. The number of ether oxygens (including phenoxy) is 1. The Morgan fingerprint density at radius 1 is 1.38 bits per heavy atom. The molecule has 8 heteroatoms. The van der Waals surface area contributed by atoms with Gasteiger partial charge in [-0.05, 0) is 24.8 Å². The topological polar surface area (TPSA) is 102 Å². The van der Waals surface area contributed by atoms with E-state index in [4.69, 9.17) is 4.74 Å². The van der Waals surface area contributed by atoms with E-state index in [1.165, 1.54) is 23.1 Å². The lowest BCUT2D eigenvalue weighted by atomic mass is 10.0. The van der Waals surface area contributed by atoms with Crippen LogP contribution in [-0.4, -0.2) is 35.4 Å². The number of fused-ring (bicyclic) bond motifs is 1. The Balaban J connectivity index is 1.87. The van der Waals surface area contributed by atoms with Crippen LogP contribution >= 0.6 is 0 Å². The standard InChI is InChI=1S/C18H23N3O5/c1-11(2)17-18(23)20(10-16(22)19-12-5-3-4-6-12)14-9-13(21(24)25)7-8-15(14)26-17/h7-9,11-12,17H,3-6,10H2,1-2H3,(H,19,22). The minimum Gasteiger partial charge on any atom is -0.478 e. The number of nitrogens with zero attached hydrogens (tertiary/aromatic N) is 2. The maximum absolute atomic E-state index is 12.8. The van der Waals surface area contributed by atoms with E-state index in [0.29, 0.717) is 5.75 Å². The average molecular weight is 361 g/mol. The molecule has 1 atom stereocenters. The van der Waals surface area contributed by atoms with Crippen molar-refractivity contribution in [3.63, 3.8) is 0 Å². The number of nitrogens with one attached hydrogen (secondary N) is 1. The largest absolute Gasteiger partial charge is 0.478 e. The quantitative estimate of drug-likeness (QED) is 0.641. The molecule has 1 N–H and O–H groups in total. The summed E-state index contributed by atoms with van der Waals surface area (Å²) in [5.41, 5.74) is 0.118. The van der Waals surface area contributed by atoms with Gasteiger partial charge < -0.3 is 10.1 Å². The lowest BCUT2D eigenvalue weighted by Gasteiger charge is -2.35. The molecule has 2 aliphatic rings. The van der Waals surface area contributed by atoms with Gasteiger partial charge in [-0.2, -0.15) is 0 Å². The van der Waals surface area contributed by atoms with E-state index in [-0.39, 0.29) is 41.7 Å². The Bertz CT molecular complexity index is 728. The molecule has 1 aliphatic carbocycles. The molecule has 1 saturated carbocycles. The second-order valence-electron chi connectivity index (χ2n) is 7.16. The van der Waals surface area contributed by atoms with Crippen LogP contribution in [-0.2, 0) is 9.59 Å². The summed E-state index contributed by atoms with van der Waals surface area (Å²) in [6.07, 6.45) is 3.35. The Morgan fingerprint density at radius 3 is 2.69 bits per heavy atom. The van der Waals surface area contributed by atoms with Crippen LogP contribution in [0.25, 0.3) is 0 Å². The highest BCUT2D eigenvalue weighted by atomic mass is 16.6. The van der Waals surface area contributed by atoms with E-state index >= 15 is 0 Å². The molecule has 0 bridgehead atoms. The normalized spacial score (nSPS) is 20.0. The molecule has 140 valence electrons. The average Bonchev–Trinajstić information content (AvgIpc) is 3.09. The summed E-state index contributed by atoms with van der Waals surface area (Å²) in [5.74, 6) is -0.324. The monoisotopic (exact) mass is 361 g/mol. The number of carbonyl (C=O) groups excluding carboxylic acids is 2. The molecule has 0 saturated heterocycles. The van der Waals surface area contributed by atoms with Crippen molar-refractivity contribution >= 4 is 23.2 Å². The van der Waals surface area contributed by atoms with Crippen molar-refractivity contribution in [1.29, 1.82) is 0 Å². The molecule has 0 spiro atoms. The summed E-state index contributed by atoms with van der Waals surface area (Å²) in [4.78, 5) is 37.1. The van der Waals surface area contributed by atoms with E-state index in [2.05, 4.69) is 5.32 Å². The highest BCUT2D eigenvalue weighted by Gasteiger charge is 2.38. The molecule has 2 amide bonds. The van der Waals surface area contributed by atoms with E-state index < -0.39 is 11.0 Å². The maximum atomic E-state index is 12.8. The third-order valence-electron chi connectivity index (χ3n) is 4.83. The van der Waals surface area contributed by atoms with Crippen molar-refractivity contribution in [2.45, 2.75) is 51.7 Å². The highest BCUT2D eigenvalue weighted by Crippen LogP contribution is 2.38. The minimum atomic E-state index is -0.719. The minimum absolute atomic E-state index is 0.0914. The lowest BCUT2D eigenvalue weighted by molar-refractivity contribution is -0.384. The molecule has 3 rings (SSSR count). The smallest absolute Gasteiger partial charge is 0.271 e. The fourth-order valence-electron chi connectivity index (χ4n) is 3.46. The fraction of sp³-hybridized carbons (Fsp3) is 0.556. The summed E-state index contributed by atoms with van der Waals surface area (Å²) in [5, 5.41) is 14.0. The Hall–Kier alpha value is -2.64. The van der Waals surface area contributed by atoms with Gasteiger partial charge in [0.05, 0.1) is 10.6 Å². The van der Waals surface area contributed by atoms with Crippen LogP contribution in [0.1, 0.15) is 39.5 Å². The summed E-state index contributed by atoms with van der Waals surface area (Å²) in [7, 11) is 0. The van der Waals surface area contributed by atoms with Gasteiger partial charge in [-0.1, -0.05) is 26.7 Å². The zero-order valence-corrected chi connectivity index (χ0v) is 14.9. The van der Waals surface area contributed by atoms with E-state index in [0.717, 1.165) is 25.7 Å². The Labute approximate surface area is 151 Å². The van der Waals surface area contributed by atoms with Gasteiger partial charge in [0.1, 0.15) is 12.3 Å². The van der Waals surface area contributed by atoms with Crippen LogP contribution in [0.2, 0.25) is 0 Å². The van der Waals surface area contributed by atoms with Gasteiger partial charge in [-0.3, -0.25) is 24.6 Å². The van der Waals surface area contributed by atoms with E-state index in [1.54, 1.807) is 0 Å². The Morgan fingerprint density at radius 2 is 2.08 bits per heavy atom. The predicted octanol–water partition coefficient (Wildman–Crippen LogP) is 2.40. The molecule has 0 aromatic heterocycles. The van der Waals surface area contributed by atoms with Crippen molar-refractivity contribution in [1.82, 2.24) is 5.32 Å². The number of hydrogen-bond donors (Lipinski definition) is 1. The van der Waals surface area contributed by atoms with Crippen molar-refractivity contribution in [2.75, 3.05) is 11.4 Å². The molecule has 26 heavy (non-hydrogen) atoms. The van der Waals surface area contributed by atoms with Gasteiger partial charge in [0.25, 0.3) is 11.6 Å². The van der Waals surface area contributed by atoms with E-state index in [9.17, 15) is 19.7 Å². The van der Waals surface area contributed by atoms with Gasteiger partial charge in [-0.25, -0.2) is 0 Å². The van der Waals surface area contributed by atoms with Crippen molar-refractivity contribution in [3.8, 4) is 5.75 Å². The summed E-state index contributed by atoms with van der Waals surface area (Å²) >= 11 is 0. The zero-order chi connectivity index (χ0) is 18.8. The molecule has 1 fully saturated rings. The van der Waals surface area contributed by atoms with Crippen LogP contribution in [0.3, 0.4) is 0 Å². The first-order valence-electron chi connectivity index (χ1n) is 8.92. The number of carbonyl (C=O) groups is 2. The third-order valence-corrected chi connectivity index (χ3v) is 4.83. The number of hydrogen-bond acceptors (Lipinski definition) is 5. The van der Waals surface area contributed by atoms with Crippen LogP contribution in [0.5, 0.6) is 5.75 Å². The molecular formula is C18H23N3O5. The van der Waals surface area contributed by atoms with Gasteiger partial charge in [0.2, 0.25) is 5.91 Å². The van der Waals surface area contributed by atoms with Gasteiger partial charge >= 0.3 is 0 Å². The molecule has 1 unspecified atom stereocenters. The number of amides is 2. The number of nitro benzene ring substituents is 1. The molecule has 1 heterocycles. The van der Waals surface area contributed by atoms with Crippen LogP contribution in [0.15, 0.2) is 18.2 Å². The number of anilines is 1. The summed E-state index contributed by atoms with van der Waals surface area (Å²) in [6, 6.07) is 4.25. The predicted molar refractivity (Wildman–Crippen MR) is 95.1 cm³/mol. The first-order valence-corrected chi connectivity index (χ1v) is 8.92. The SMILES string of the molecule is CC(C)C1Oc2ccc([N+](=O)[O-])cc2N(CC(=O)NC2CCCC2)C1=O. The number of benzene rings is 1. The molecule has 0 radical (unpaired) electrons. The molecule has 1 aromatic carbocycles. The molecule has 8 nitrogen and oxygen atoms in total. The fourth-order valence-corrected chi connectivity index (χ4v) is 3.46. The van der Waals surface area contributed by atoms with Gasteiger partial charge in [0.15, 0.2) is 6.10 Å². The highest BCUT2D eigenvalue weighted by molar-refractivity contribution is 6.04. The van der Waals surface area contributed by atoms with E-state index in [1.807, 2.05) is 13.8 Å². The second-order valence-corrected chi connectivity index (χ2v) is 7.16. The summed E-state index contributed by atoms with van der Waals surface area (Å²) in [6.45, 7) is 3.54. The first-order chi connectivity index (χ1) is 12.4. The molecular weight excluding hydrogens is 338 g/mol. The first kappa shape index (κ1) is 18.2. The van der Waals surface area contributed by atoms with Crippen molar-refractivity contribution < 1.29 is 19.2 Å². The Kier molecular flexibility index (Phi) is 5.11. The van der Waals surface area contributed by atoms with Crippen LogP contribution < -0.4 is 15.0 Å². The van der Waals surface area contributed by atoms with Crippen molar-refractivity contribution in [2.24, 2.45) is 5.92 Å². The second kappa shape index (κ2) is 7.31. The molecule has 1 aliphatic heterocycles. The maximum Gasteiger partial charge on any atom is 0.271 e. The third kappa shape index (κ3) is 3.63. The van der Waals surface area contributed by atoms with Gasteiger partial charge in [-0.15, -0.1) is 0 Å². The van der Waals surface area contributed by atoms with Crippen LogP contribution in [0.4, 0.5) is 11.4 Å². The molecule has 1 aromatic rings. The van der Waals surface area contributed by atoms with Gasteiger partial charge in [0, 0.05) is 18.2 Å².